The van der Waals surface area contributed by atoms with E-state index in [1.807, 2.05) is 42.5 Å². The van der Waals surface area contributed by atoms with Gasteiger partial charge in [-0.15, -0.1) is 0 Å². The Morgan fingerprint density at radius 1 is 1.17 bits per heavy atom. The van der Waals surface area contributed by atoms with Crippen LogP contribution in [0.1, 0.15) is 30.1 Å². The van der Waals surface area contributed by atoms with Gasteiger partial charge in [-0.25, -0.2) is 4.98 Å². The van der Waals surface area contributed by atoms with Gasteiger partial charge in [0.25, 0.3) is 5.91 Å². The number of rotatable bonds is 10. The quantitative estimate of drug-likeness (QED) is 0.504. The molecule has 1 aromatic heterocycles. The van der Waals surface area contributed by atoms with Crippen LogP contribution in [0.25, 0.3) is 10.2 Å². The average Bonchev–Trinajstić information content (AvgIpc) is 3.16. The molecule has 0 atom stereocenters. The normalized spacial score (nSPS) is 11.1. The van der Waals surface area contributed by atoms with Crippen molar-refractivity contribution in [3.8, 4) is 11.5 Å². The van der Waals surface area contributed by atoms with Gasteiger partial charge in [0.1, 0.15) is 11.5 Å². The number of methoxy groups -OCH3 is 1. The van der Waals surface area contributed by atoms with Crippen molar-refractivity contribution < 1.29 is 19.2 Å². The number of hydrogen-bond donors (Lipinski definition) is 1. The van der Waals surface area contributed by atoms with Gasteiger partial charge < -0.3 is 14.4 Å². The number of ether oxygens (including phenoxy) is 2. The summed E-state index contributed by atoms with van der Waals surface area (Å²) in [4.78, 5) is 21.2. The Balaban J connectivity index is 1.89. The van der Waals surface area contributed by atoms with Gasteiger partial charge in [-0.05, 0) is 42.8 Å². The highest BCUT2D eigenvalue weighted by Gasteiger charge is 2.22. The van der Waals surface area contributed by atoms with Gasteiger partial charge in [0, 0.05) is 5.56 Å². The summed E-state index contributed by atoms with van der Waals surface area (Å²) in [6, 6.07) is 13.2. The maximum absolute atomic E-state index is 13.4. The first-order valence-corrected chi connectivity index (χ1v) is 11.1. The number of amides is 1. The average molecular weight is 429 g/mol. The van der Waals surface area contributed by atoms with Crippen molar-refractivity contribution in [1.29, 1.82) is 0 Å². The van der Waals surface area contributed by atoms with Gasteiger partial charge in [-0.1, -0.05) is 30.7 Å². The summed E-state index contributed by atoms with van der Waals surface area (Å²) in [5.41, 5.74) is 1.47. The Labute approximate surface area is 182 Å². The van der Waals surface area contributed by atoms with E-state index in [0.29, 0.717) is 23.8 Å². The molecule has 160 valence electrons. The molecule has 30 heavy (non-hydrogen) atoms. The Morgan fingerprint density at radius 3 is 2.73 bits per heavy atom. The van der Waals surface area contributed by atoms with Gasteiger partial charge >= 0.3 is 0 Å². The molecule has 6 nitrogen and oxygen atoms in total. The second kappa shape index (κ2) is 10.4. The first-order chi connectivity index (χ1) is 14.5. The minimum atomic E-state index is -0.0665. The molecule has 1 heterocycles. The highest BCUT2D eigenvalue weighted by molar-refractivity contribution is 7.22. The van der Waals surface area contributed by atoms with Crippen molar-refractivity contribution >= 4 is 32.6 Å². The largest absolute Gasteiger partial charge is 0.497 e. The monoisotopic (exact) mass is 428 g/mol. The maximum Gasteiger partial charge on any atom is 0.260 e. The minimum Gasteiger partial charge on any atom is -0.497 e. The smallest absolute Gasteiger partial charge is 0.260 e. The second-order valence-corrected chi connectivity index (χ2v) is 8.48. The molecule has 0 saturated heterocycles. The fourth-order valence-electron chi connectivity index (χ4n) is 2.96. The lowest BCUT2D eigenvalue weighted by atomic mass is 10.2. The first kappa shape index (κ1) is 22.1. The van der Waals surface area contributed by atoms with Crippen LogP contribution in [0.2, 0.25) is 0 Å². The molecule has 1 amide bonds. The maximum atomic E-state index is 13.4. The third-order valence-electron chi connectivity index (χ3n) is 4.74. The zero-order chi connectivity index (χ0) is 21.5. The van der Waals surface area contributed by atoms with E-state index in [2.05, 4.69) is 21.0 Å². The van der Waals surface area contributed by atoms with Crippen LogP contribution in [0.3, 0.4) is 0 Å². The van der Waals surface area contributed by atoms with Crippen molar-refractivity contribution in [2.75, 3.05) is 45.8 Å². The molecule has 3 rings (SSSR count). The van der Waals surface area contributed by atoms with Crippen LogP contribution in [0.5, 0.6) is 11.5 Å². The summed E-state index contributed by atoms with van der Waals surface area (Å²) in [6.07, 6.45) is 2.06. The van der Waals surface area contributed by atoms with Crippen molar-refractivity contribution in [3.05, 3.63) is 48.0 Å². The molecule has 0 aliphatic carbocycles. The van der Waals surface area contributed by atoms with Gasteiger partial charge in [0.2, 0.25) is 0 Å². The Morgan fingerprint density at radius 2 is 2.00 bits per heavy atom. The summed E-state index contributed by atoms with van der Waals surface area (Å²) in [5, 5.41) is 0.696. The zero-order valence-corrected chi connectivity index (χ0v) is 18.9. The van der Waals surface area contributed by atoms with Crippen LogP contribution in [0.4, 0.5) is 5.13 Å². The van der Waals surface area contributed by atoms with Crippen LogP contribution < -0.4 is 19.3 Å². The Hall–Kier alpha value is -2.64. The number of fused-ring (bicyclic) bond motifs is 1. The number of thiazole rings is 1. The Kier molecular flexibility index (Phi) is 7.65. The SMILES string of the molecule is CCCCOc1cccc(C(=O)N(CC[NH+](C)C)c2nc3ccc(OC)cc3s2)c1. The third kappa shape index (κ3) is 5.49. The van der Waals surface area contributed by atoms with E-state index in [0.717, 1.165) is 41.1 Å². The predicted octanol–water partition coefficient (Wildman–Crippen LogP) is 3.28. The second-order valence-electron chi connectivity index (χ2n) is 7.47. The van der Waals surface area contributed by atoms with Crippen LogP contribution >= 0.6 is 11.3 Å². The number of anilines is 1. The van der Waals surface area contributed by atoms with Crippen LogP contribution in [0, 0.1) is 0 Å². The van der Waals surface area contributed by atoms with Gasteiger partial charge in [-0.2, -0.15) is 0 Å². The number of quaternary nitrogens is 1. The van der Waals surface area contributed by atoms with Crippen molar-refractivity contribution in [2.24, 2.45) is 0 Å². The van der Waals surface area contributed by atoms with Crippen LogP contribution in [-0.2, 0) is 0 Å². The molecule has 0 fully saturated rings. The van der Waals surface area contributed by atoms with Crippen LogP contribution in [0.15, 0.2) is 42.5 Å². The molecule has 3 aromatic rings. The van der Waals surface area contributed by atoms with Crippen molar-refractivity contribution in [1.82, 2.24) is 4.98 Å². The number of carbonyl (C=O) groups is 1. The summed E-state index contributed by atoms with van der Waals surface area (Å²) in [6.45, 7) is 4.18. The van der Waals surface area contributed by atoms with E-state index in [1.165, 1.54) is 16.2 Å². The topological polar surface area (TPSA) is 56.1 Å². The van der Waals surface area contributed by atoms with E-state index >= 15 is 0 Å². The van der Waals surface area contributed by atoms with E-state index in [1.54, 1.807) is 12.0 Å². The predicted molar refractivity (Wildman–Crippen MR) is 122 cm³/mol. The number of aromatic nitrogens is 1. The van der Waals surface area contributed by atoms with Gasteiger partial charge in [0.15, 0.2) is 5.13 Å². The lowest BCUT2D eigenvalue weighted by Gasteiger charge is -2.21. The molecule has 0 radical (unpaired) electrons. The summed E-state index contributed by atoms with van der Waals surface area (Å²) in [7, 11) is 5.80. The number of carbonyl (C=O) groups excluding carboxylic acids is 1. The molecule has 1 N–H and O–H groups in total. The lowest BCUT2D eigenvalue weighted by molar-refractivity contribution is -0.856. The fourth-order valence-corrected chi connectivity index (χ4v) is 3.98. The number of benzene rings is 2. The third-order valence-corrected chi connectivity index (χ3v) is 5.78. The summed E-state index contributed by atoms with van der Waals surface area (Å²) >= 11 is 1.50. The highest BCUT2D eigenvalue weighted by atomic mass is 32.1. The Bertz CT molecular complexity index is 987. The molecule has 0 spiro atoms. The number of unbranched alkanes of at least 4 members (excludes halogenated alkanes) is 1. The number of nitrogens with zero attached hydrogens (tertiary/aromatic N) is 2. The van der Waals surface area contributed by atoms with E-state index in [4.69, 9.17) is 14.5 Å². The van der Waals surface area contributed by atoms with E-state index < -0.39 is 0 Å². The molecule has 0 bridgehead atoms. The molecule has 0 saturated carbocycles. The highest BCUT2D eigenvalue weighted by Crippen LogP contribution is 2.32. The number of nitrogens with one attached hydrogen (secondary N) is 1. The summed E-state index contributed by atoms with van der Waals surface area (Å²) < 4.78 is 12.1. The summed E-state index contributed by atoms with van der Waals surface area (Å²) in [5.74, 6) is 1.44. The number of likely N-dealkylation sites (N-methyl/N-ethyl adjacent to an activating group) is 1. The standard InChI is InChI=1S/C23H29N3O3S/c1-5-6-14-29-19-9-7-8-17(15-19)22(27)26(13-12-25(2)3)23-24-20-11-10-18(28-4)16-21(20)30-23/h7-11,15-16H,5-6,12-14H2,1-4H3/p+1. The van der Waals surface area contributed by atoms with Crippen molar-refractivity contribution in [2.45, 2.75) is 19.8 Å². The molecule has 0 unspecified atom stereocenters. The minimum absolute atomic E-state index is 0.0665. The first-order valence-electron chi connectivity index (χ1n) is 10.3. The molecule has 0 aliphatic rings. The molecular weight excluding hydrogens is 398 g/mol. The van der Waals surface area contributed by atoms with Crippen LogP contribution in [-0.4, -0.2) is 51.8 Å². The van der Waals surface area contributed by atoms with Gasteiger partial charge in [0.05, 0.1) is 51.1 Å². The zero-order valence-electron chi connectivity index (χ0n) is 18.1. The number of hydrogen-bond acceptors (Lipinski definition) is 5. The van der Waals surface area contributed by atoms with E-state index in [-0.39, 0.29) is 5.91 Å². The van der Waals surface area contributed by atoms with Crippen molar-refractivity contribution in [3.63, 3.8) is 0 Å². The van der Waals surface area contributed by atoms with Gasteiger partial charge in [-0.3, -0.25) is 9.69 Å². The molecular formula is C23H30N3O3S+. The fraction of sp³-hybridized carbons (Fsp3) is 0.391. The molecule has 2 aromatic carbocycles. The van der Waals surface area contributed by atoms with E-state index in [9.17, 15) is 4.79 Å². The molecule has 7 heteroatoms. The molecule has 0 aliphatic heterocycles. The lowest BCUT2D eigenvalue weighted by Crippen LogP contribution is -3.06.